The quantitative estimate of drug-likeness (QED) is 0.131. The molecule has 0 aliphatic rings. The van der Waals surface area contributed by atoms with Crippen molar-refractivity contribution in [3.63, 3.8) is 0 Å². The van der Waals surface area contributed by atoms with Crippen molar-refractivity contribution in [2.45, 2.75) is 5.16 Å². The van der Waals surface area contributed by atoms with E-state index >= 15 is 0 Å². The molecule has 0 aliphatic heterocycles. The van der Waals surface area contributed by atoms with Crippen LogP contribution in [0.15, 0.2) is 182 Å². The van der Waals surface area contributed by atoms with Gasteiger partial charge in [-0.05, 0) is 0 Å². The summed E-state index contributed by atoms with van der Waals surface area (Å²) in [5, 5.41) is 3.69. The Morgan fingerprint density at radius 2 is 0.475 bits per heavy atom. The summed E-state index contributed by atoms with van der Waals surface area (Å²) in [7, 11) is -2.93. The van der Waals surface area contributed by atoms with Gasteiger partial charge in [0, 0.05) is 0 Å². The number of benzene rings is 6. The van der Waals surface area contributed by atoms with Crippen molar-refractivity contribution in [1.82, 2.24) is 0 Å². The second-order valence-corrected chi connectivity index (χ2v) is 13.7. The Hall–Kier alpha value is -3.67. The predicted octanol–water partition coefficient (Wildman–Crippen LogP) is 8.55. The SMILES string of the molecule is Cl.Cl.c1ccc(C(c2ccccc2)(c2ccccc2)[PH](c2ccccc2)(c2ccccc2)c2ccccc2)cc1. The van der Waals surface area contributed by atoms with Crippen molar-refractivity contribution in [3.05, 3.63) is 199 Å². The summed E-state index contributed by atoms with van der Waals surface area (Å²) in [6.07, 6.45) is 0. The molecular formula is C37H33Cl2P. The van der Waals surface area contributed by atoms with Gasteiger partial charge in [0.05, 0.1) is 0 Å². The van der Waals surface area contributed by atoms with Crippen molar-refractivity contribution in [2.75, 3.05) is 0 Å². The molecule has 0 aliphatic carbocycles. The Labute approximate surface area is 250 Å². The monoisotopic (exact) mass is 578 g/mol. The van der Waals surface area contributed by atoms with Gasteiger partial charge in [-0.25, -0.2) is 0 Å². The second-order valence-electron chi connectivity index (χ2n) is 9.70. The Kier molecular flexibility index (Phi) is 9.62. The van der Waals surface area contributed by atoms with Crippen LogP contribution in [0.3, 0.4) is 0 Å². The third kappa shape index (κ3) is 4.78. The molecule has 0 spiro atoms. The van der Waals surface area contributed by atoms with Crippen LogP contribution in [-0.2, 0) is 5.16 Å². The van der Waals surface area contributed by atoms with Gasteiger partial charge in [-0.2, -0.15) is 0 Å². The summed E-state index contributed by atoms with van der Waals surface area (Å²) in [6, 6.07) is 67.3. The zero-order valence-electron chi connectivity index (χ0n) is 22.1. The zero-order chi connectivity index (χ0) is 25.7. The first-order valence-corrected chi connectivity index (χ1v) is 15.2. The van der Waals surface area contributed by atoms with Gasteiger partial charge < -0.3 is 0 Å². The molecule has 200 valence electrons. The van der Waals surface area contributed by atoms with Crippen LogP contribution in [0.4, 0.5) is 0 Å². The van der Waals surface area contributed by atoms with E-state index < -0.39 is 12.4 Å². The van der Waals surface area contributed by atoms with Crippen LogP contribution < -0.4 is 15.9 Å². The molecule has 0 radical (unpaired) electrons. The Morgan fingerprint density at radius 1 is 0.275 bits per heavy atom. The number of hydrogen-bond donors (Lipinski definition) is 0. The molecule has 0 atom stereocenters. The van der Waals surface area contributed by atoms with Crippen LogP contribution in [0.1, 0.15) is 16.7 Å². The number of rotatable bonds is 7. The van der Waals surface area contributed by atoms with E-state index in [1.807, 2.05) is 0 Å². The van der Waals surface area contributed by atoms with E-state index in [0.29, 0.717) is 0 Å². The minimum atomic E-state index is -2.93. The summed E-state index contributed by atoms with van der Waals surface area (Å²) in [4.78, 5) is 0. The normalized spacial score (nSPS) is 11.5. The fourth-order valence-corrected chi connectivity index (χ4v) is 12.6. The molecule has 0 unspecified atom stereocenters. The second kappa shape index (κ2) is 13.1. The molecule has 0 bridgehead atoms. The topological polar surface area (TPSA) is 0 Å². The van der Waals surface area contributed by atoms with E-state index in [-0.39, 0.29) is 24.8 Å². The van der Waals surface area contributed by atoms with Gasteiger partial charge in [-0.15, -0.1) is 24.8 Å². The number of halogens is 2. The third-order valence-electron chi connectivity index (χ3n) is 7.80. The zero-order valence-corrected chi connectivity index (χ0v) is 24.8. The summed E-state index contributed by atoms with van der Waals surface area (Å²) in [6.45, 7) is 0. The molecule has 0 aromatic heterocycles. The molecule has 0 heterocycles. The first-order valence-electron chi connectivity index (χ1n) is 13.2. The summed E-state index contributed by atoms with van der Waals surface area (Å²) < 4.78 is 0. The van der Waals surface area contributed by atoms with E-state index in [1.54, 1.807) is 0 Å². The molecular weight excluding hydrogens is 546 g/mol. The molecule has 6 aromatic carbocycles. The molecule has 6 aromatic rings. The Balaban J connectivity index is 0.00000185. The maximum atomic E-state index is 2.36. The summed E-state index contributed by atoms with van der Waals surface area (Å²) in [5.74, 6) is 0. The fraction of sp³-hybridized carbons (Fsp3) is 0.0270. The average Bonchev–Trinajstić information content (AvgIpc) is 3.02. The van der Waals surface area contributed by atoms with Crippen molar-refractivity contribution in [3.8, 4) is 0 Å². The summed E-state index contributed by atoms with van der Waals surface area (Å²) >= 11 is 0. The first-order chi connectivity index (χ1) is 18.9. The van der Waals surface area contributed by atoms with E-state index in [9.17, 15) is 0 Å². The molecule has 40 heavy (non-hydrogen) atoms. The van der Waals surface area contributed by atoms with Gasteiger partial charge in [0.2, 0.25) is 0 Å². The predicted molar refractivity (Wildman–Crippen MR) is 180 cm³/mol. The molecule has 0 N–H and O–H groups in total. The van der Waals surface area contributed by atoms with Gasteiger partial charge in [0.15, 0.2) is 0 Å². The Bertz CT molecular complexity index is 1260. The van der Waals surface area contributed by atoms with E-state index in [0.717, 1.165) is 0 Å². The van der Waals surface area contributed by atoms with Gasteiger partial charge in [-0.3, -0.25) is 0 Å². The maximum absolute atomic E-state index is 2.93. The van der Waals surface area contributed by atoms with Crippen LogP contribution >= 0.6 is 32.1 Å². The van der Waals surface area contributed by atoms with Crippen molar-refractivity contribution >= 4 is 48.0 Å². The van der Waals surface area contributed by atoms with Gasteiger partial charge in [0.1, 0.15) is 0 Å². The van der Waals surface area contributed by atoms with E-state index in [1.165, 1.54) is 32.6 Å². The molecule has 6 rings (SSSR count). The standard InChI is InChI=1S/C37H31P.2ClH/c1-7-19-31(20-8-1)37(32-21-9-2-10-22-32,33-23-11-3-12-24-33)38(34-25-13-4-14-26-34,35-27-15-5-16-28-35)36-29-17-6-18-30-36;;/h1-30,38H;2*1H. The molecule has 0 amide bonds. The third-order valence-corrected chi connectivity index (χ3v) is 13.4. The molecule has 0 saturated carbocycles. The van der Waals surface area contributed by atoms with Crippen molar-refractivity contribution in [1.29, 1.82) is 0 Å². The molecule has 0 saturated heterocycles. The molecule has 0 fully saturated rings. The van der Waals surface area contributed by atoms with Crippen LogP contribution in [0, 0.1) is 0 Å². The minimum absolute atomic E-state index is 0. The van der Waals surface area contributed by atoms with Crippen LogP contribution in [0.25, 0.3) is 0 Å². The van der Waals surface area contributed by atoms with Gasteiger partial charge in [-0.1, -0.05) is 0 Å². The first kappa shape index (κ1) is 29.3. The molecule has 3 heteroatoms. The van der Waals surface area contributed by atoms with Crippen LogP contribution in [0.2, 0.25) is 0 Å². The van der Waals surface area contributed by atoms with Gasteiger partial charge >= 0.3 is 227 Å². The van der Waals surface area contributed by atoms with E-state index in [4.69, 9.17) is 0 Å². The Morgan fingerprint density at radius 3 is 0.700 bits per heavy atom. The number of hydrogen-bond acceptors (Lipinski definition) is 0. The van der Waals surface area contributed by atoms with Crippen molar-refractivity contribution in [2.24, 2.45) is 0 Å². The molecule has 0 nitrogen and oxygen atoms in total. The average molecular weight is 580 g/mol. The summed E-state index contributed by atoms with van der Waals surface area (Å²) in [5.41, 5.74) is 3.92. The van der Waals surface area contributed by atoms with Crippen LogP contribution in [0.5, 0.6) is 0 Å². The van der Waals surface area contributed by atoms with E-state index in [2.05, 4.69) is 182 Å². The fourth-order valence-electron chi connectivity index (χ4n) is 6.43. The van der Waals surface area contributed by atoms with Crippen molar-refractivity contribution < 1.29 is 0 Å². The van der Waals surface area contributed by atoms with Crippen LogP contribution in [-0.4, -0.2) is 0 Å². The van der Waals surface area contributed by atoms with Gasteiger partial charge in [0.25, 0.3) is 0 Å².